The lowest BCUT2D eigenvalue weighted by atomic mass is 10.2. The zero-order valence-corrected chi connectivity index (χ0v) is 16.4. The van der Waals surface area contributed by atoms with E-state index in [-0.39, 0.29) is 23.0 Å². The molecule has 0 aliphatic carbocycles. The molecule has 3 aromatic carbocycles. The van der Waals surface area contributed by atoms with Gasteiger partial charge < -0.3 is 5.73 Å². The van der Waals surface area contributed by atoms with Crippen LogP contribution in [0.25, 0.3) is 16.6 Å². The number of fused-ring (bicyclic) bond motifs is 1. The minimum atomic E-state index is -3.91. The molecule has 4 aromatic rings. The van der Waals surface area contributed by atoms with Gasteiger partial charge in [0.25, 0.3) is 5.56 Å². The lowest BCUT2D eigenvalue weighted by Gasteiger charge is -2.15. The highest BCUT2D eigenvalue weighted by atomic mass is 32.2. The second-order valence-corrected chi connectivity index (χ2v) is 8.30. The maximum Gasteiger partial charge on any atom is 0.266 e. The summed E-state index contributed by atoms with van der Waals surface area (Å²) in [5, 5.41) is 0.297. The van der Waals surface area contributed by atoms with E-state index >= 15 is 0 Å². The fourth-order valence-electron chi connectivity index (χ4n) is 3.07. The molecule has 7 nitrogen and oxygen atoms in total. The van der Waals surface area contributed by atoms with E-state index in [9.17, 15) is 17.6 Å². The van der Waals surface area contributed by atoms with Crippen molar-refractivity contribution in [2.75, 3.05) is 5.73 Å². The van der Waals surface area contributed by atoms with Crippen LogP contribution in [0.5, 0.6) is 0 Å². The van der Waals surface area contributed by atoms with Crippen molar-refractivity contribution in [1.29, 1.82) is 0 Å². The topological polar surface area (TPSA) is 107 Å². The average Bonchev–Trinajstić information content (AvgIpc) is 2.74. The van der Waals surface area contributed by atoms with Crippen LogP contribution in [0.4, 0.5) is 10.1 Å². The fourth-order valence-corrected chi connectivity index (χ4v) is 4.05. The van der Waals surface area contributed by atoms with Crippen LogP contribution in [0.2, 0.25) is 0 Å². The molecule has 0 bridgehead atoms. The van der Waals surface area contributed by atoms with Crippen molar-refractivity contribution < 1.29 is 12.8 Å². The van der Waals surface area contributed by atoms with Gasteiger partial charge in [-0.25, -0.2) is 22.5 Å². The number of nitrogens with two attached hydrogens (primary N) is 1. The molecule has 0 radical (unpaired) electrons. The standard InChI is InChI=1S/C21H17FN4O3S/c22-17-6-2-4-8-19(17)26-20(25-18-7-3-1-5-16(18)21(26)27)13-24-30(28,29)15-11-9-14(23)10-12-15/h1-12,24H,13,23H2. The van der Waals surface area contributed by atoms with Crippen molar-refractivity contribution >= 4 is 26.6 Å². The van der Waals surface area contributed by atoms with E-state index in [2.05, 4.69) is 9.71 Å². The number of nitrogens with zero attached hydrogens (tertiary/aromatic N) is 2. The van der Waals surface area contributed by atoms with Crippen LogP contribution in [0.15, 0.2) is 82.5 Å². The number of sulfonamides is 1. The van der Waals surface area contributed by atoms with Crippen molar-refractivity contribution in [3.8, 4) is 5.69 Å². The van der Waals surface area contributed by atoms with Crippen LogP contribution >= 0.6 is 0 Å². The highest BCUT2D eigenvalue weighted by molar-refractivity contribution is 7.89. The molecule has 0 aliphatic heterocycles. The van der Waals surface area contributed by atoms with Gasteiger partial charge in [0, 0.05) is 5.69 Å². The zero-order valence-electron chi connectivity index (χ0n) is 15.6. The summed E-state index contributed by atoms with van der Waals surface area (Å²) in [6.07, 6.45) is 0. The number of para-hydroxylation sites is 2. The number of halogens is 1. The molecule has 0 fully saturated rings. The molecule has 0 unspecified atom stereocenters. The monoisotopic (exact) mass is 424 g/mol. The van der Waals surface area contributed by atoms with Crippen LogP contribution in [0.3, 0.4) is 0 Å². The van der Waals surface area contributed by atoms with E-state index in [0.29, 0.717) is 16.6 Å². The van der Waals surface area contributed by atoms with Crippen LogP contribution < -0.4 is 16.0 Å². The Morgan fingerprint density at radius 2 is 1.63 bits per heavy atom. The van der Waals surface area contributed by atoms with E-state index in [1.54, 1.807) is 30.3 Å². The van der Waals surface area contributed by atoms with Gasteiger partial charge in [-0.3, -0.25) is 9.36 Å². The predicted octanol–water partition coefficient (Wildman–Crippen LogP) is 2.59. The Morgan fingerprint density at radius 1 is 0.967 bits per heavy atom. The highest BCUT2D eigenvalue weighted by Gasteiger charge is 2.19. The predicted molar refractivity (Wildman–Crippen MR) is 112 cm³/mol. The molecule has 152 valence electrons. The molecule has 9 heteroatoms. The fraction of sp³-hybridized carbons (Fsp3) is 0.0476. The molecule has 0 aliphatic rings. The summed E-state index contributed by atoms with van der Waals surface area (Å²) in [4.78, 5) is 17.5. The van der Waals surface area contributed by atoms with Crippen molar-refractivity contribution in [2.24, 2.45) is 0 Å². The van der Waals surface area contributed by atoms with Crippen LogP contribution in [0.1, 0.15) is 5.82 Å². The van der Waals surface area contributed by atoms with E-state index in [1.165, 1.54) is 42.5 Å². The molecule has 0 saturated carbocycles. The van der Waals surface area contributed by atoms with Gasteiger partial charge >= 0.3 is 0 Å². The smallest absolute Gasteiger partial charge is 0.266 e. The first-order chi connectivity index (χ1) is 14.4. The minimum absolute atomic E-state index is 0.0114. The molecule has 1 heterocycles. The second-order valence-electron chi connectivity index (χ2n) is 6.53. The molecule has 30 heavy (non-hydrogen) atoms. The van der Waals surface area contributed by atoms with Crippen LogP contribution in [0, 0.1) is 5.82 Å². The summed E-state index contributed by atoms with van der Waals surface area (Å²) in [6.45, 7) is -0.318. The molecule has 0 saturated heterocycles. The number of benzene rings is 3. The van der Waals surface area contributed by atoms with Gasteiger partial charge in [0.15, 0.2) is 0 Å². The summed E-state index contributed by atoms with van der Waals surface area (Å²) in [6, 6.07) is 18.0. The highest BCUT2D eigenvalue weighted by Crippen LogP contribution is 2.17. The number of hydrogen-bond donors (Lipinski definition) is 2. The maximum absolute atomic E-state index is 14.5. The largest absolute Gasteiger partial charge is 0.399 e. The Hall–Kier alpha value is -3.56. The van der Waals surface area contributed by atoms with Crippen LogP contribution in [-0.4, -0.2) is 18.0 Å². The number of rotatable bonds is 5. The third-order valence-corrected chi connectivity index (χ3v) is 5.97. The summed E-state index contributed by atoms with van der Waals surface area (Å²) >= 11 is 0. The quantitative estimate of drug-likeness (QED) is 0.479. The molecule has 0 spiro atoms. The number of aromatic nitrogens is 2. The molecule has 4 rings (SSSR count). The van der Waals surface area contributed by atoms with Crippen molar-refractivity contribution in [2.45, 2.75) is 11.4 Å². The Morgan fingerprint density at radius 3 is 2.37 bits per heavy atom. The molecule has 0 amide bonds. The molecule has 1 aromatic heterocycles. The lowest BCUT2D eigenvalue weighted by molar-refractivity contribution is 0.576. The van der Waals surface area contributed by atoms with Crippen molar-refractivity contribution in [3.63, 3.8) is 0 Å². The molecular weight excluding hydrogens is 407 g/mol. The summed E-state index contributed by atoms with van der Waals surface area (Å²) in [7, 11) is -3.91. The van der Waals surface area contributed by atoms with Gasteiger partial charge in [0.2, 0.25) is 10.0 Å². The molecular formula is C21H17FN4O3S. The van der Waals surface area contributed by atoms with Crippen molar-refractivity contribution in [3.05, 3.63) is 94.8 Å². The normalized spacial score (nSPS) is 11.6. The number of nitrogens with one attached hydrogen (secondary N) is 1. The molecule has 0 atom stereocenters. The SMILES string of the molecule is Nc1ccc(S(=O)(=O)NCc2nc3ccccc3c(=O)n2-c2ccccc2F)cc1. The zero-order chi connectivity index (χ0) is 21.3. The number of anilines is 1. The van der Waals surface area contributed by atoms with Gasteiger partial charge in [0.05, 0.1) is 28.0 Å². The summed E-state index contributed by atoms with van der Waals surface area (Å²) in [5.41, 5.74) is 5.91. The van der Waals surface area contributed by atoms with Gasteiger partial charge in [-0.15, -0.1) is 0 Å². The molecule has 3 N–H and O–H groups in total. The van der Waals surface area contributed by atoms with Crippen molar-refractivity contribution in [1.82, 2.24) is 14.3 Å². The van der Waals surface area contributed by atoms with Gasteiger partial charge in [-0.1, -0.05) is 24.3 Å². The summed E-state index contributed by atoms with van der Waals surface area (Å²) < 4.78 is 43.3. The Balaban J connectivity index is 1.82. The van der Waals surface area contributed by atoms with E-state index in [1.807, 2.05) is 0 Å². The first-order valence-corrected chi connectivity index (χ1v) is 10.5. The minimum Gasteiger partial charge on any atom is -0.399 e. The maximum atomic E-state index is 14.5. The summed E-state index contributed by atoms with van der Waals surface area (Å²) in [5.74, 6) is -0.567. The Labute approximate surface area is 171 Å². The number of nitrogen functional groups attached to an aromatic ring is 1. The second kappa shape index (κ2) is 7.69. The Kier molecular flexibility index (Phi) is 5.06. The van der Waals surface area contributed by atoms with Gasteiger partial charge in [-0.05, 0) is 48.5 Å². The van der Waals surface area contributed by atoms with Gasteiger partial charge in [0.1, 0.15) is 11.6 Å². The lowest BCUT2D eigenvalue weighted by Crippen LogP contribution is -2.30. The first-order valence-electron chi connectivity index (χ1n) is 8.97. The van der Waals surface area contributed by atoms with E-state index in [4.69, 9.17) is 5.73 Å². The van der Waals surface area contributed by atoms with E-state index < -0.39 is 21.4 Å². The third kappa shape index (κ3) is 3.68. The van der Waals surface area contributed by atoms with Gasteiger partial charge in [-0.2, -0.15) is 0 Å². The average molecular weight is 424 g/mol. The third-order valence-electron chi connectivity index (χ3n) is 4.55. The first kappa shape index (κ1) is 19.7. The van der Waals surface area contributed by atoms with Crippen LogP contribution in [-0.2, 0) is 16.6 Å². The number of hydrogen-bond acceptors (Lipinski definition) is 5. The van der Waals surface area contributed by atoms with E-state index in [0.717, 1.165) is 4.57 Å². The Bertz CT molecular complexity index is 1400.